The van der Waals surface area contributed by atoms with Crippen molar-refractivity contribution in [1.29, 1.82) is 0 Å². The zero-order chi connectivity index (χ0) is 23.3. The van der Waals surface area contributed by atoms with Crippen LogP contribution in [0.3, 0.4) is 0 Å². The van der Waals surface area contributed by atoms with Crippen molar-refractivity contribution >= 4 is 35.6 Å². The molecule has 8 nitrogen and oxygen atoms in total. The van der Waals surface area contributed by atoms with Crippen molar-refractivity contribution in [3.63, 3.8) is 0 Å². The molecule has 4 rings (SSSR count). The molecule has 1 unspecified atom stereocenters. The Bertz CT molecular complexity index is 1060. The summed E-state index contributed by atoms with van der Waals surface area (Å²) in [5.74, 6) is -1.03. The molecule has 9 heteroatoms. The highest BCUT2D eigenvalue weighted by atomic mass is 32.2. The lowest BCUT2D eigenvalue weighted by molar-refractivity contribution is -0.151. The highest BCUT2D eigenvalue weighted by molar-refractivity contribution is 7.99. The van der Waals surface area contributed by atoms with Gasteiger partial charge >= 0.3 is 12.0 Å². The molecule has 1 fully saturated rings. The van der Waals surface area contributed by atoms with E-state index in [2.05, 4.69) is 10.6 Å². The summed E-state index contributed by atoms with van der Waals surface area (Å²) in [5, 5.41) is 5.47. The maximum Gasteiger partial charge on any atom is 0.326 e. The number of hydrogen-bond donors (Lipinski definition) is 2. The van der Waals surface area contributed by atoms with E-state index in [9.17, 15) is 19.2 Å². The smallest absolute Gasteiger partial charge is 0.326 e. The number of nitrogens with one attached hydrogen (secondary N) is 2. The fourth-order valence-corrected chi connectivity index (χ4v) is 4.99. The summed E-state index contributed by atoms with van der Waals surface area (Å²) in [6, 6.07) is 16.7. The molecule has 0 radical (unpaired) electrons. The Hall–Kier alpha value is -3.33. The predicted molar refractivity (Wildman–Crippen MR) is 122 cm³/mol. The van der Waals surface area contributed by atoms with Crippen LogP contribution in [0.25, 0.3) is 0 Å². The van der Waals surface area contributed by atoms with Crippen molar-refractivity contribution in [2.75, 3.05) is 25.4 Å². The van der Waals surface area contributed by atoms with E-state index in [1.54, 1.807) is 11.8 Å². The Labute approximate surface area is 196 Å². The standard InChI is InChI=1S/C24H25N3O5S/c28-20(25-13-14-33-18-9-2-1-3-10-18)16-32-21(29)15-27-22(30)24(26-23(27)31)12-6-8-17-7-4-5-11-19(17)24/h1-5,7,9-11H,6,8,12-16H2,(H,25,28)(H,26,31). The fourth-order valence-electron chi connectivity index (χ4n) is 4.20. The maximum atomic E-state index is 13.2. The molecule has 33 heavy (non-hydrogen) atoms. The van der Waals surface area contributed by atoms with Gasteiger partial charge in [-0.15, -0.1) is 11.8 Å². The molecule has 172 valence electrons. The quantitative estimate of drug-likeness (QED) is 0.267. The first-order chi connectivity index (χ1) is 16.0. The number of carbonyl (C=O) groups is 4. The number of thioether (sulfide) groups is 1. The van der Waals surface area contributed by atoms with Gasteiger partial charge in [0.15, 0.2) is 6.61 Å². The van der Waals surface area contributed by atoms with Crippen LogP contribution in [-0.2, 0) is 31.1 Å². The van der Waals surface area contributed by atoms with Crippen LogP contribution in [0.15, 0.2) is 59.5 Å². The number of hydrogen-bond acceptors (Lipinski definition) is 6. The molecular weight excluding hydrogens is 442 g/mol. The topological polar surface area (TPSA) is 105 Å². The summed E-state index contributed by atoms with van der Waals surface area (Å²) in [7, 11) is 0. The molecule has 1 aliphatic carbocycles. The minimum Gasteiger partial charge on any atom is -0.454 e. The average Bonchev–Trinajstić information content (AvgIpc) is 3.06. The van der Waals surface area contributed by atoms with Crippen LogP contribution in [0.4, 0.5) is 4.79 Å². The molecule has 1 atom stereocenters. The number of carbonyl (C=O) groups excluding carboxylic acids is 4. The minimum absolute atomic E-state index is 0.422. The third-order valence-electron chi connectivity index (χ3n) is 5.74. The number of ether oxygens (including phenoxy) is 1. The lowest BCUT2D eigenvalue weighted by atomic mass is 9.76. The van der Waals surface area contributed by atoms with Gasteiger partial charge in [-0.05, 0) is 42.5 Å². The van der Waals surface area contributed by atoms with E-state index >= 15 is 0 Å². The third kappa shape index (κ3) is 5.03. The molecular formula is C24H25N3O5S. The highest BCUT2D eigenvalue weighted by Gasteiger charge is 2.54. The number of urea groups is 1. The number of esters is 1. The number of imide groups is 1. The number of benzene rings is 2. The van der Waals surface area contributed by atoms with E-state index < -0.39 is 42.5 Å². The zero-order valence-electron chi connectivity index (χ0n) is 18.0. The van der Waals surface area contributed by atoms with Crippen molar-refractivity contribution in [2.24, 2.45) is 0 Å². The Balaban J connectivity index is 1.25. The van der Waals surface area contributed by atoms with Crippen LogP contribution >= 0.6 is 11.8 Å². The first-order valence-electron chi connectivity index (χ1n) is 10.8. The predicted octanol–water partition coefficient (Wildman–Crippen LogP) is 2.22. The molecule has 1 heterocycles. The van der Waals surface area contributed by atoms with Gasteiger partial charge in [0.25, 0.3) is 11.8 Å². The zero-order valence-corrected chi connectivity index (χ0v) is 18.9. The van der Waals surface area contributed by atoms with Crippen LogP contribution in [-0.4, -0.2) is 54.2 Å². The minimum atomic E-state index is -1.14. The maximum absolute atomic E-state index is 13.2. The van der Waals surface area contributed by atoms with Crippen molar-refractivity contribution < 1.29 is 23.9 Å². The van der Waals surface area contributed by atoms with Gasteiger partial charge in [-0.3, -0.25) is 19.3 Å². The van der Waals surface area contributed by atoms with Crippen molar-refractivity contribution in [3.05, 3.63) is 65.7 Å². The lowest BCUT2D eigenvalue weighted by Gasteiger charge is -2.33. The molecule has 2 aromatic rings. The van der Waals surface area contributed by atoms with Crippen molar-refractivity contribution in [1.82, 2.24) is 15.5 Å². The lowest BCUT2D eigenvalue weighted by Crippen LogP contribution is -2.46. The number of nitrogens with zero attached hydrogens (tertiary/aromatic N) is 1. The van der Waals surface area contributed by atoms with Gasteiger partial charge in [-0.2, -0.15) is 0 Å². The Morgan fingerprint density at radius 2 is 1.85 bits per heavy atom. The normalized spacial score (nSPS) is 19.2. The van der Waals surface area contributed by atoms with Crippen LogP contribution in [0.1, 0.15) is 24.0 Å². The molecule has 0 saturated carbocycles. The van der Waals surface area contributed by atoms with E-state index in [1.807, 2.05) is 54.6 Å². The van der Waals surface area contributed by atoms with E-state index in [1.165, 1.54) is 0 Å². The fraction of sp³-hybridized carbons (Fsp3) is 0.333. The molecule has 2 aromatic carbocycles. The largest absolute Gasteiger partial charge is 0.454 e. The van der Waals surface area contributed by atoms with E-state index in [0.29, 0.717) is 18.7 Å². The van der Waals surface area contributed by atoms with Crippen LogP contribution in [0.2, 0.25) is 0 Å². The molecule has 4 amide bonds. The molecule has 1 aliphatic heterocycles. The Kier molecular flexibility index (Phi) is 6.98. The summed E-state index contributed by atoms with van der Waals surface area (Å²) in [5.41, 5.74) is 0.655. The molecule has 2 N–H and O–H groups in total. The van der Waals surface area contributed by atoms with Gasteiger partial charge in [0, 0.05) is 17.2 Å². The first kappa shape index (κ1) is 22.8. The second-order valence-corrected chi connectivity index (χ2v) is 9.08. The molecule has 2 aliphatic rings. The number of fused-ring (bicyclic) bond motifs is 2. The van der Waals surface area contributed by atoms with Crippen LogP contribution in [0, 0.1) is 0 Å². The Morgan fingerprint density at radius 3 is 2.67 bits per heavy atom. The van der Waals surface area contributed by atoms with Crippen molar-refractivity contribution in [3.8, 4) is 0 Å². The number of rotatable bonds is 8. The summed E-state index contributed by atoms with van der Waals surface area (Å²) in [4.78, 5) is 51.9. The van der Waals surface area contributed by atoms with E-state index in [4.69, 9.17) is 4.74 Å². The molecule has 0 bridgehead atoms. The summed E-state index contributed by atoms with van der Waals surface area (Å²) in [6.45, 7) is -0.580. The van der Waals surface area contributed by atoms with E-state index in [0.717, 1.165) is 33.8 Å². The second kappa shape index (κ2) is 10.1. The van der Waals surface area contributed by atoms with Crippen LogP contribution in [0.5, 0.6) is 0 Å². The van der Waals surface area contributed by atoms with Gasteiger partial charge < -0.3 is 15.4 Å². The third-order valence-corrected chi connectivity index (χ3v) is 6.75. The summed E-state index contributed by atoms with van der Waals surface area (Å²) in [6.07, 6.45) is 2.07. The Morgan fingerprint density at radius 1 is 1.09 bits per heavy atom. The van der Waals surface area contributed by atoms with Crippen LogP contribution < -0.4 is 10.6 Å². The summed E-state index contributed by atoms with van der Waals surface area (Å²) < 4.78 is 4.99. The van der Waals surface area contributed by atoms with Gasteiger partial charge in [0.1, 0.15) is 12.1 Å². The molecule has 1 saturated heterocycles. The van der Waals surface area contributed by atoms with Crippen molar-refractivity contribution in [2.45, 2.75) is 29.7 Å². The van der Waals surface area contributed by atoms with Gasteiger partial charge in [0.2, 0.25) is 0 Å². The molecule has 1 spiro atoms. The number of amides is 4. The monoisotopic (exact) mass is 467 g/mol. The second-order valence-electron chi connectivity index (χ2n) is 7.91. The first-order valence-corrected chi connectivity index (χ1v) is 11.8. The van der Waals surface area contributed by atoms with E-state index in [-0.39, 0.29) is 0 Å². The highest BCUT2D eigenvalue weighted by Crippen LogP contribution is 2.39. The average molecular weight is 468 g/mol. The SMILES string of the molecule is O=C(COC(=O)CN1C(=O)NC2(CCCc3ccccc32)C1=O)NCCSc1ccccc1. The summed E-state index contributed by atoms with van der Waals surface area (Å²) >= 11 is 1.60. The van der Waals surface area contributed by atoms with Gasteiger partial charge in [-0.25, -0.2) is 4.79 Å². The van der Waals surface area contributed by atoms with Gasteiger partial charge in [0.05, 0.1) is 0 Å². The number of aryl methyl sites for hydroxylation is 1. The molecule has 0 aromatic heterocycles. The van der Waals surface area contributed by atoms with Gasteiger partial charge in [-0.1, -0.05) is 42.5 Å².